The smallest absolute Gasteiger partial charge is 0.258 e. The summed E-state index contributed by atoms with van der Waals surface area (Å²) in [6.45, 7) is 4.85. The first-order valence-corrected chi connectivity index (χ1v) is 7.16. The summed E-state index contributed by atoms with van der Waals surface area (Å²) in [4.78, 5) is 31.2. The van der Waals surface area contributed by atoms with E-state index in [9.17, 15) is 4.79 Å². The van der Waals surface area contributed by atoms with E-state index >= 15 is 0 Å². The summed E-state index contributed by atoms with van der Waals surface area (Å²) in [6, 6.07) is 1.93. The van der Waals surface area contributed by atoms with Gasteiger partial charge in [-0.3, -0.25) is 9.36 Å². The molecule has 0 saturated carbocycles. The van der Waals surface area contributed by atoms with Crippen molar-refractivity contribution in [1.29, 1.82) is 0 Å². The Bertz CT molecular complexity index is 955. The standard InChI is InChI=1S/C15H16N6O/c1-8-17-11-4-5-16-13(11)14(18-8)21-6-10-12(7-21)19-9(2)20(3)15(10)22/h4-5,16H,6-7H2,1-3H3. The second kappa shape index (κ2) is 4.40. The Morgan fingerprint density at radius 1 is 1.18 bits per heavy atom. The lowest BCUT2D eigenvalue weighted by molar-refractivity contribution is 0.754. The van der Waals surface area contributed by atoms with Crippen LogP contribution in [0.25, 0.3) is 11.0 Å². The normalized spacial score (nSPS) is 13.9. The molecule has 7 heteroatoms. The van der Waals surface area contributed by atoms with Gasteiger partial charge in [0.15, 0.2) is 5.82 Å². The van der Waals surface area contributed by atoms with Crippen LogP contribution in [-0.4, -0.2) is 24.5 Å². The zero-order valence-corrected chi connectivity index (χ0v) is 12.7. The third-order valence-electron chi connectivity index (χ3n) is 4.18. The van der Waals surface area contributed by atoms with E-state index in [1.54, 1.807) is 11.6 Å². The lowest BCUT2D eigenvalue weighted by Gasteiger charge is -2.17. The molecular formula is C15H16N6O. The molecule has 1 aliphatic rings. The first-order chi connectivity index (χ1) is 10.5. The van der Waals surface area contributed by atoms with E-state index in [-0.39, 0.29) is 5.56 Å². The maximum Gasteiger partial charge on any atom is 0.258 e. The molecule has 0 fully saturated rings. The Morgan fingerprint density at radius 3 is 2.82 bits per heavy atom. The summed E-state index contributed by atoms with van der Waals surface area (Å²) >= 11 is 0. The van der Waals surface area contributed by atoms with Gasteiger partial charge in [0, 0.05) is 13.2 Å². The van der Waals surface area contributed by atoms with Crippen molar-refractivity contribution >= 4 is 16.9 Å². The van der Waals surface area contributed by atoms with Gasteiger partial charge in [0.05, 0.1) is 29.9 Å². The molecule has 1 N–H and O–H groups in total. The summed E-state index contributed by atoms with van der Waals surface area (Å²) in [7, 11) is 1.76. The van der Waals surface area contributed by atoms with Crippen LogP contribution in [-0.2, 0) is 20.1 Å². The second-order valence-corrected chi connectivity index (χ2v) is 5.64. The predicted octanol–water partition coefficient (Wildman–Crippen LogP) is 1.19. The van der Waals surface area contributed by atoms with Gasteiger partial charge in [0.2, 0.25) is 0 Å². The molecule has 4 heterocycles. The number of hydrogen-bond acceptors (Lipinski definition) is 5. The molecule has 3 aromatic rings. The molecule has 22 heavy (non-hydrogen) atoms. The van der Waals surface area contributed by atoms with Gasteiger partial charge < -0.3 is 9.88 Å². The Labute approximate surface area is 126 Å². The van der Waals surface area contributed by atoms with Crippen LogP contribution < -0.4 is 10.5 Å². The Morgan fingerprint density at radius 2 is 2.00 bits per heavy atom. The van der Waals surface area contributed by atoms with Crippen molar-refractivity contribution in [3.05, 3.63) is 45.5 Å². The molecule has 0 unspecified atom stereocenters. The van der Waals surface area contributed by atoms with Crippen LogP contribution in [0.5, 0.6) is 0 Å². The number of anilines is 1. The number of hydrogen-bond donors (Lipinski definition) is 1. The van der Waals surface area contributed by atoms with Gasteiger partial charge in [-0.1, -0.05) is 0 Å². The fourth-order valence-corrected chi connectivity index (χ4v) is 2.95. The maximum atomic E-state index is 12.4. The number of aromatic nitrogens is 5. The predicted molar refractivity (Wildman–Crippen MR) is 82.7 cm³/mol. The van der Waals surface area contributed by atoms with Crippen LogP contribution in [0.15, 0.2) is 17.1 Å². The molecule has 112 valence electrons. The molecule has 0 atom stereocenters. The largest absolute Gasteiger partial charge is 0.357 e. The Hall–Kier alpha value is -2.70. The van der Waals surface area contributed by atoms with E-state index < -0.39 is 0 Å². The van der Waals surface area contributed by atoms with Crippen LogP contribution >= 0.6 is 0 Å². The minimum atomic E-state index is 0.0264. The first-order valence-electron chi connectivity index (χ1n) is 7.16. The number of H-pyrrole nitrogens is 1. The van der Waals surface area contributed by atoms with E-state index in [4.69, 9.17) is 0 Å². The lowest BCUT2D eigenvalue weighted by atomic mass is 10.2. The van der Waals surface area contributed by atoms with E-state index in [2.05, 4.69) is 24.8 Å². The van der Waals surface area contributed by atoms with Crippen molar-refractivity contribution < 1.29 is 0 Å². The number of nitrogens with one attached hydrogen (secondary N) is 1. The molecule has 7 nitrogen and oxygen atoms in total. The van der Waals surface area contributed by atoms with Gasteiger partial charge in [0.25, 0.3) is 5.56 Å². The van der Waals surface area contributed by atoms with Gasteiger partial charge in [-0.2, -0.15) is 0 Å². The number of aromatic amines is 1. The number of aryl methyl sites for hydroxylation is 2. The molecule has 0 saturated heterocycles. The molecule has 3 aromatic heterocycles. The zero-order valence-electron chi connectivity index (χ0n) is 12.7. The van der Waals surface area contributed by atoms with Crippen molar-refractivity contribution in [2.45, 2.75) is 26.9 Å². The van der Waals surface area contributed by atoms with Crippen molar-refractivity contribution in [1.82, 2.24) is 24.5 Å². The van der Waals surface area contributed by atoms with Crippen LogP contribution in [0.2, 0.25) is 0 Å². The highest BCUT2D eigenvalue weighted by atomic mass is 16.1. The molecule has 0 aromatic carbocycles. The zero-order chi connectivity index (χ0) is 15.4. The summed E-state index contributed by atoms with van der Waals surface area (Å²) in [5, 5.41) is 0. The number of rotatable bonds is 1. The van der Waals surface area contributed by atoms with E-state index in [1.807, 2.05) is 26.1 Å². The molecule has 0 bridgehead atoms. The van der Waals surface area contributed by atoms with Crippen LogP contribution in [0.4, 0.5) is 5.82 Å². The third-order valence-corrected chi connectivity index (χ3v) is 4.18. The van der Waals surface area contributed by atoms with Crippen molar-refractivity contribution in [3.63, 3.8) is 0 Å². The first kappa shape index (κ1) is 13.0. The average molecular weight is 296 g/mol. The molecule has 0 amide bonds. The number of fused-ring (bicyclic) bond motifs is 2. The van der Waals surface area contributed by atoms with Gasteiger partial charge in [0.1, 0.15) is 17.2 Å². The number of nitrogens with zero attached hydrogens (tertiary/aromatic N) is 5. The fraction of sp³-hybridized carbons (Fsp3) is 0.333. The summed E-state index contributed by atoms with van der Waals surface area (Å²) in [5.41, 5.74) is 3.40. The average Bonchev–Trinajstić information content (AvgIpc) is 3.10. The summed E-state index contributed by atoms with van der Waals surface area (Å²) < 4.78 is 1.60. The van der Waals surface area contributed by atoms with Crippen LogP contribution in [0.3, 0.4) is 0 Å². The summed E-state index contributed by atoms with van der Waals surface area (Å²) in [5.74, 6) is 2.27. The minimum absolute atomic E-state index is 0.0264. The van der Waals surface area contributed by atoms with Crippen molar-refractivity contribution in [3.8, 4) is 0 Å². The maximum absolute atomic E-state index is 12.4. The van der Waals surface area contributed by atoms with Gasteiger partial charge in [-0.05, 0) is 19.9 Å². The molecule has 0 radical (unpaired) electrons. The highest BCUT2D eigenvalue weighted by molar-refractivity contribution is 5.86. The van der Waals surface area contributed by atoms with Gasteiger partial charge >= 0.3 is 0 Å². The quantitative estimate of drug-likeness (QED) is 0.729. The highest BCUT2D eigenvalue weighted by Gasteiger charge is 2.27. The SMILES string of the molecule is Cc1nc(N2Cc3nc(C)n(C)c(=O)c3C2)c2[nH]ccc2n1. The molecule has 0 aliphatic carbocycles. The highest BCUT2D eigenvalue weighted by Crippen LogP contribution is 2.29. The second-order valence-electron chi connectivity index (χ2n) is 5.64. The molecule has 0 spiro atoms. The Kier molecular flexibility index (Phi) is 2.60. The minimum Gasteiger partial charge on any atom is -0.357 e. The van der Waals surface area contributed by atoms with E-state index in [0.29, 0.717) is 13.1 Å². The summed E-state index contributed by atoms with van der Waals surface area (Å²) in [6.07, 6.45) is 1.85. The Balaban J connectivity index is 1.84. The third kappa shape index (κ3) is 1.75. The topological polar surface area (TPSA) is 79.7 Å². The van der Waals surface area contributed by atoms with Gasteiger partial charge in [-0.15, -0.1) is 0 Å². The molecular weight excluding hydrogens is 280 g/mol. The monoisotopic (exact) mass is 296 g/mol. The lowest BCUT2D eigenvalue weighted by Crippen LogP contribution is -2.25. The molecule has 1 aliphatic heterocycles. The van der Waals surface area contributed by atoms with Crippen molar-refractivity contribution in [2.75, 3.05) is 4.90 Å². The van der Waals surface area contributed by atoms with E-state index in [0.717, 1.165) is 39.8 Å². The van der Waals surface area contributed by atoms with Crippen LogP contribution in [0.1, 0.15) is 22.9 Å². The van der Waals surface area contributed by atoms with Gasteiger partial charge in [-0.25, -0.2) is 15.0 Å². The van der Waals surface area contributed by atoms with Crippen molar-refractivity contribution in [2.24, 2.45) is 7.05 Å². The molecule has 4 rings (SSSR count). The van der Waals surface area contributed by atoms with Crippen LogP contribution in [0, 0.1) is 13.8 Å². The van der Waals surface area contributed by atoms with E-state index in [1.165, 1.54) is 0 Å². The fourth-order valence-electron chi connectivity index (χ4n) is 2.95.